The molecule has 0 nitrogen and oxygen atoms in total. The van der Waals surface area contributed by atoms with Crippen LogP contribution in [0.2, 0.25) is 0 Å². The maximum Gasteiger partial charge on any atom is -0.147 e. The Labute approximate surface area is 178 Å². The predicted octanol–water partition coefficient (Wildman–Crippen LogP) is 6.28. The third-order valence-corrected chi connectivity index (χ3v) is 14.7. The SMILES string of the molecule is CP(Sc1ccccc1)(c1ccccc1)(c1ccccc1)c1ccccc1.Cl. The minimum absolute atomic E-state index is 0. The van der Waals surface area contributed by atoms with Crippen LogP contribution in [0, 0.1) is 0 Å². The standard InChI is InChI=1S/C25H23PS.ClH/c1-26(22-14-6-2-7-15-22,23-16-8-3-9-17-23,24-18-10-4-11-19-24)27-25-20-12-5-13-21-25;/h2-21H,1H3;1H. The molecule has 4 rings (SSSR count). The van der Waals surface area contributed by atoms with Gasteiger partial charge in [-0.2, -0.15) is 0 Å². The number of hydrogen-bond acceptors (Lipinski definition) is 1. The van der Waals surface area contributed by atoms with E-state index in [-0.39, 0.29) is 12.4 Å². The second-order valence-corrected chi connectivity index (χ2v) is 15.3. The minimum Gasteiger partial charge on any atom is -0.147 e. The van der Waals surface area contributed by atoms with Crippen molar-refractivity contribution in [1.82, 2.24) is 0 Å². The Hall–Kier alpha value is -2.05. The van der Waals surface area contributed by atoms with E-state index in [4.69, 9.17) is 0 Å². The van der Waals surface area contributed by atoms with Crippen LogP contribution in [0.4, 0.5) is 0 Å². The molecule has 3 heteroatoms. The maximum absolute atomic E-state index is 2.76. The van der Waals surface area contributed by atoms with Gasteiger partial charge < -0.3 is 0 Å². The van der Waals surface area contributed by atoms with Crippen LogP contribution >= 0.6 is 29.6 Å². The summed E-state index contributed by atoms with van der Waals surface area (Å²) >= 11 is 2.03. The van der Waals surface area contributed by atoms with Crippen LogP contribution in [0.1, 0.15) is 0 Å². The van der Waals surface area contributed by atoms with Gasteiger partial charge in [-0.15, -0.1) is 12.4 Å². The van der Waals surface area contributed by atoms with Crippen molar-refractivity contribution < 1.29 is 0 Å². The van der Waals surface area contributed by atoms with Gasteiger partial charge in [0, 0.05) is 0 Å². The predicted molar refractivity (Wildman–Crippen MR) is 131 cm³/mol. The van der Waals surface area contributed by atoms with Crippen molar-refractivity contribution >= 4 is 45.5 Å². The van der Waals surface area contributed by atoms with Gasteiger partial charge in [0.25, 0.3) is 0 Å². The van der Waals surface area contributed by atoms with Crippen LogP contribution in [-0.4, -0.2) is 6.66 Å². The number of rotatable bonds is 5. The molecule has 4 aromatic rings. The van der Waals surface area contributed by atoms with Crippen molar-refractivity contribution in [2.75, 3.05) is 6.66 Å². The zero-order valence-corrected chi connectivity index (χ0v) is 18.3. The summed E-state index contributed by atoms with van der Waals surface area (Å²) < 4.78 is 0. The van der Waals surface area contributed by atoms with E-state index in [1.165, 1.54) is 20.8 Å². The van der Waals surface area contributed by atoms with Gasteiger partial charge in [-0.3, -0.25) is 0 Å². The van der Waals surface area contributed by atoms with E-state index in [0.29, 0.717) is 0 Å². The van der Waals surface area contributed by atoms with E-state index in [2.05, 4.69) is 128 Å². The van der Waals surface area contributed by atoms with E-state index in [9.17, 15) is 0 Å². The average molecular weight is 423 g/mol. The molecule has 28 heavy (non-hydrogen) atoms. The fourth-order valence-electron chi connectivity index (χ4n) is 3.71. The zero-order valence-electron chi connectivity index (χ0n) is 15.8. The smallest absolute Gasteiger partial charge is 0.147 e. The Bertz CT molecular complexity index is 906. The molecule has 0 aliphatic carbocycles. The molecule has 0 amide bonds. The van der Waals surface area contributed by atoms with Crippen LogP contribution in [0.3, 0.4) is 0 Å². The monoisotopic (exact) mass is 422 g/mol. The van der Waals surface area contributed by atoms with Gasteiger partial charge in [-0.05, 0) is 0 Å². The first-order valence-corrected chi connectivity index (χ1v) is 13.3. The Kier molecular flexibility index (Phi) is 6.30. The van der Waals surface area contributed by atoms with Gasteiger partial charge in [0.1, 0.15) is 0 Å². The quantitative estimate of drug-likeness (QED) is 0.341. The minimum atomic E-state index is -2.76. The van der Waals surface area contributed by atoms with Crippen LogP contribution in [-0.2, 0) is 0 Å². The topological polar surface area (TPSA) is 0 Å². The van der Waals surface area contributed by atoms with Gasteiger partial charge in [0.2, 0.25) is 0 Å². The van der Waals surface area contributed by atoms with E-state index in [1.54, 1.807) is 0 Å². The van der Waals surface area contributed by atoms with Gasteiger partial charge in [0.15, 0.2) is 0 Å². The van der Waals surface area contributed by atoms with Gasteiger partial charge >= 0.3 is 166 Å². The molecule has 0 heterocycles. The van der Waals surface area contributed by atoms with E-state index < -0.39 is 5.81 Å². The molecule has 0 saturated heterocycles. The van der Waals surface area contributed by atoms with Crippen molar-refractivity contribution in [2.24, 2.45) is 0 Å². The fraction of sp³-hybridized carbons (Fsp3) is 0.0400. The number of halogens is 1. The second kappa shape index (κ2) is 8.53. The summed E-state index contributed by atoms with van der Waals surface area (Å²) in [4.78, 5) is 1.30. The summed E-state index contributed by atoms with van der Waals surface area (Å²) in [6, 6.07) is 43.9. The third kappa shape index (κ3) is 3.51. The molecule has 0 aliphatic heterocycles. The summed E-state index contributed by atoms with van der Waals surface area (Å²) in [5.74, 6) is -2.76. The molecule has 0 aliphatic rings. The molecule has 0 aromatic heterocycles. The molecule has 0 spiro atoms. The Balaban J connectivity index is 0.00000225. The Morgan fingerprint density at radius 1 is 0.464 bits per heavy atom. The van der Waals surface area contributed by atoms with E-state index in [0.717, 1.165) is 0 Å². The summed E-state index contributed by atoms with van der Waals surface area (Å²) in [6.45, 7) is 2.49. The molecule has 0 fully saturated rings. The molecule has 0 saturated carbocycles. The fourth-order valence-corrected chi connectivity index (χ4v) is 12.4. The Morgan fingerprint density at radius 2 is 0.750 bits per heavy atom. The van der Waals surface area contributed by atoms with E-state index in [1.807, 2.05) is 11.4 Å². The van der Waals surface area contributed by atoms with Crippen molar-refractivity contribution in [1.29, 1.82) is 0 Å². The first-order valence-electron chi connectivity index (χ1n) is 9.15. The molecular formula is C25H24ClPS. The summed E-state index contributed by atoms with van der Waals surface area (Å²) in [5, 5.41) is 4.19. The molecule has 0 atom stereocenters. The normalized spacial score (nSPS) is 12.4. The molecule has 0 bridgehead atoms. The third-order valence-electron chi connectivity index (χ3n) is 5.21. The van der Waals surface area contributed by atoms with Crippen molar-refractivity contribution in [3.8, 4) is 0 Å². The molecule has 0 N–H and O–H groups in total. The molecule has 0 unspecified atom stereocenters. The zero-order chi connectivity index (χ0) is 18.6. The second-order valence-electron chi connectivity index (χ2n) is 6.87. The Morgan fingerprint density at radius 3 is 1.07 bits per heavy atom. The van der Waals surface area contributed by atoms with Gasteiger partial charge in [-0.25, -0.2) is 0 Å². The molecule has 0 radical (unpaired) electrons. The van der Waals surface area contributed by atoms with Crippen LogP contribution in [0.15, 0.2) is 126 Å². The number of hydrogen-bond donors (Lipinski definition) is 0. The van der Waals surface area contributed by atoms with Gasteiger partial charge in [-0.1, -0.05) is 0 Å². The van der Waals surface area contributed by atoms with Crippen molar-refractivity contribution in [3.05, 3.63) is 121 Å². The van der Waals surface area contributed by atoms with E-state index >= 15 is 0 Å². The van der Waals surface area contributed by atoms with Crippen LogP contribution in [0.5, 0.6) is 0 Å². The van der Waals surface area contributed by atoms with Crippen molar-refractivity contribution in [2.45, 2.75) is 4.90 Å². The average Bonchev–Trinajstić information content (AvgIpc) is 2.76. The van der Waals surface area contributed by atoms with Crippen LogP contribution < -0.4 is 15.9 Å². The van der Waals surface area contributed by atoms with Crippen molar-refractivity contribution in [3.63, 3.8) is 0 Å². The van der Waals surface area contributed by atoms with Crippen LogP contribution in [0.25, 0.3) is 0 Å². The molecule has 4 aromatic carbocycles. The summed E-state index contributed by atoms with van der Waals surface area (Å²) in [7, 11) is 0. The molecule has 142 valence electrons. The first kappa shape index (κ1) is 20.7. The first-order chi connectivity index (χ1) is 13.2. The maximum atomic E-state index is 2.49. The molecular weight excluding hydrogens is 399 g/mol. The summed E-state index contributed by atoms with van der Waals surface area (Å²) in [6.07, 6.45) is 0. The van der Waals surface area contributed by atoms with Gasteiger partial charge in [0.05, 0.1) is 0 Å². The number of benzene rings is 4. The largest absolute Gasteiger partial charge is 0.147 e. The summed E-state index contributed by atoms with van der Waals surface area (Å²) in [5.41, 5.74) is 0.